The van der Waals surface area contributed by atoms with E-state index >= 15 is 0 Å². The Kier molecular flexibility index (Phi) is 7.09. The molecule has 2 amide bonds. The number of halogens is 2. The SMILES string of the molecule is CC(=O)N(CC(=O)O)C1CCCN(C(=O)c2cccc(OC(F)F)c2)CC1. The van der Waals surface area contributed by atoms with Crippen LogP contribution in [0.4, 0.5) is 8.78 Å². The second kappa shape index (κ2) is 9.29. The van der Waals surface area contributed by atoms with Gasteiger partial charge in [0.05, 0.1) is 0 Å². The van der Waals surface area contributed by atoms with Crippen LogP contribution in [0.3, 0.4) is 0 Å². The maximum absolute atomic E-state index is 12.7. The molecule has 1 aromatic rings. The normalized spacial score (nSPS) is 17.3. The van der Waals surface area contributed by atoms with E-state index in [1.807, 2.05) is 0 Å². The highest BCUT2D eigenvalue weighted by Gasteiger charge is 2.28. The number of alkyl halides is 2. The molecule has 1 atom stereocenters. The van der Waals surface area contributed by atoms with Gasteiger partial charge in [-0.1, -0.05) is 6.07 Å². The first-order valence-electron chi connectivity index (χ1n) is 8.61. The first kappa shape index (κ1) is 20.6. The zero-order valence-electron chi connectivity index (χ0n) is 14.9. The van der Waals surface area contributed by atoms with Crippen LogP contribution < -0.4 is 4.74 Å². The summed E-state index contributed by atoms with van der Waals surface area (Å²) < 4.78 is 29.0. The van der Waals surface area contributed by atoms with Crippen molar-refractivity contribution >= 4 is 17.8 Å². The molecule has 1 saturated heterocycles. The predicted octanol–water partition coefficient (Wildman–Crippen LogP) is 2.22. The van der Waals surface area contributed by atoms with E-state index in [1.165, 1.54) is 36.1 Å². The molecule has 148 valence electrons. The fourth-order valence-corrected chi connectivity index (χ4v) is 3.22. The standard InChI is InChI=1S/C18H22F2N2O5/c1-12(23)22(11-16(24)25)14-5-3-8-21(9-7-14)17(26)13-4-2-6-15(10-13)27-18(19)20/h2,4,6,10,14,18H,3,5,7-9,11H2,1H3,(H,24,25). The lowest BCUT2D eigenvalue weighted by atomic mass is 10.1. The minimum Gasteiger partial charge on any atom is -0.480 e. The lowest BCUT2D eigenvalue weighted by Crippen LogP contribution is -2.43. The number of carbonyl (C=O) groups is 3. The zero-order valence-corrected chi connectivity index (χ0v) is 14.9. The number of ether oxygens (including phenoxy) is 1. The number of hydrogen-bond donors (Lipinski definition) is 1. The van der Waals surface area contributed by atoms with Gasteiger partial charge in [0.25, 0.3) is 5.91 Å². The third-order valence-electron chi connectivity index (χ3n) is 4.44. The van der Waals surface area contributed by atoms with Gasteiger partial charge in [-0.25, -0.2) is 0 Å². The fraction of sp³-hybridized carbons (Fsp3) is 0.500. The maximum Gasteiger partial charge on any atom is 0.387 e. The molecule has 7 nitrogen and oxygen atoms in total. The van der Waals surface area contributed by atoms with Gasteiger partial charge in [-0.15, -0.1) is 0 Å². The summed E-state index contributed by atoms with van der Waals surface area (Å²) in [7, 11) is 0. The maximum atomic E-state index is 12.7. The number of likely N-dealkylation sites (tertiary alicyclic amines) is 1. The van der Waals surface area contributed by atoms with Crippen LogP contribution in [0.5, 0.6) is 5.75 Å². The Labute approximate surface area is 155 Å². The Balaban J connectivity index is 2.05. The Morgan fingerprint density at radius 3 is 2.67 bits per heavy atom. The van der Waals surface area contributed by atoms with Crippen LogP contribution in [0.25, 0.3) is 0 Å². The van der Waals surface area contributed by atoms with Gasteiger partial charge in [-0.05, 0) is 37.5 Å². The van der Waals surface area contributed by atoms with E-state index in [2.05, 4.69) is 4.74 Å². The lowest BCUT2D eigenvalue weighted by Gasteiger charge is -2.28. The average Bonchev–Trinajstić information content (AvgIpc) is 2.84. The van der Waals surface area contributed by atoms with E-state index in [1.54, 1.807) is 4.90 Å². The van der Waals surface area contributed by atoms with E-state index in [-0.39, 0.29) is 35.7 Å². The summed E-state index contributed by atoms with van der Waals surface area (Å²) in [6, 6.07) is 5.34. The van der Waals surface area contributed by atoms with E-state index in [4.69, 9.17) is 5.11 Å². The van der Waals surface area contributed by atoms with Crippen molar-refractivity contribution in [3.63, 3.8) is 0 Å². The van der Waals surface area contributed by atoms with Crippen LogP contribution in [-0.4, -0.2) is 65.0 Å². The highest BCUT2D eigenvalue weighted by molar-refractivity contribution is 5.94. The minimum absolute atomic E-state index is 0.0900. The Morgan fingerprint density at radius 2 is 2.04 bits per heavy atom. The Hall–Kier alpha value is -2.71. The van der Waals surface area contributed by atoms with Gasteiger partial charge in [-0.2, -0.15) is 8.78 Å². The highest BCUT2D eigenvalue weighted by Crippen LogP contribution is 2.21. The highest BCUT2D eigenvalue weighted by atomic mass is 19.3. The summed E-state index contributed by atoms with van der Waals surface area (Å²) in [6.45, 7) is -1.24. The molecule has 1 unspecified atom stereocenters. The molecule has 1 aliphatic rings. The average molecular weight is 384 g/mol. The van der Waals surface area contributed by atoms with Crippen molar-refractivity contribution in [2.75, 3.05) is 19.6 Å². The summed E-state index contributed by atoms with van der Waals surface area (Å²) in [5, 5.41) is 8.99. The number of benzene rings is 1. The summed E-state index contributed by atoms with van der Waals surface area (Å²) in [4.78, 5) is 38.3. The number of carbonyl (C=O) groups excluding carboxylic acids is 2. The fourth-order valence-electron chi connectivity index (χ4n) is 3.22. The van der Waals surface area contributed by atoms with Crippen LogP contribution in [0.1, 0.15) is 36.5 Å². The monoisotopic (exact) mass is 384 g/mol. The van der Waals surface area contributed by atoms with Gasteiger partial charge in [-0.3, -0.25) is 14.4 Å². The van der Waals surface area contributed by atoms with Gasteiger partial charge in [0.2, 0.25) is 5.91 Å². The molecule has 0 bridgehead atoms. The van der Waals surface area contributed by atoms with Crippen molar-refractivity contribution in [1.82, 2.24) is 9.80 Å². The van der Waals surface area contributed by atoms with Gasteiger partial charge >= 0.3 is 12.6 Å². The van der Waals surface area contributed by atoms with Crippen molar-refractivity contribution in [1.29, 1.82) is 0 Å². The molecule has 9 heteroatoms. The summed E-state index contributed by atoms with van der Waals surface area (Å²) in [5.74, 6) is -1.81. The molecular formula is C18H22F2N2O5. The quantitative estimate of drug-likeness (QED) is 0.813. The van der Waals surface area contributed by atoms with E-state index in [9.17, 15) is 23.2 Å². The molecule has 1 heterocycles. The molecule has 0 spiro atoms. The number of aliphatic carboxylic acids is 1. The first-order valence-corrected chi connectivity index (χ1v) is 8.61. The Morgan fingerprint density at radius 1 is 1.30 bits per heavy atom. The molecule has 1 aliphatic heterocycles. The van der Waals surface area contributed by atoms with Gasteiger partial charge in [0.1, 0.15) is 12.3 Å². The van der Waals surface area contributed by atoms with Crippen LogP contribution in [0, 0.1) is 0 Å². The van der Waals surface area contributed by atoms with E-state index in [0.29, 0.717) is 32.4 Å². The number of carboxylic acid groups (broad SMARTS) is 1. The van der Waals surface area contributed by atoms with E-state index in [0.717, 1.165) is 0 Å². The molecule has 0 aliphatic carbocycles. The summed E-state index contributed by atoms with van der Waals surface area (Å²) >= 11 is 0. The summed E-state index contributed by atoms with van der Waals surface area (Å²) in [6.07, 6.45) is 1.64. The van der Waals surface area contributed by atoms with Gasteiger partial charge < -0.3 is 19.6 Å². The smallest absolute Gasteiger partial charge is 0.387 e. The number of hydrogen-bond acceptors (Lipinski definition) is 4. The molecule has 1 fully saturated rings. The van der Waals surface area contributed by atoms with Crippen molar-refractivity contribution < 1.29 is 33.0 Å². The zero-order chi connectivity index (χ0) is 20.0. The molecule has 0 radical (unpaired) electrons. The largest absolute Gasteiger partial charge is 0.480 e. The van der Waals surface area contributed by atoms with Gasteiger partial charge in [0.15, 0.2) is 0 Å². The van der Waals surface area contributed by atoms with Crippen molar-refractivity contribution in [2.45, 2.75) is 38.8 Å². The molecule has 27 heavy (non-hydrogen) atoms. The van der Waals surface area contributed by atoms with Crippen LogP contribution in [0.15, 0.2) is 24.3 Å². The predicted molar refractivity (Wildman–Crippen MR) is 91.6 cm³/mol. The van der Waals surface area contributed by atoms with Crippen LogP contribution in [-0.2, 0) is 9.59 Å². The molecule has 0 aromatic heterocycles. The number of carboxylic acids is 1. The van der Waals surface area contributed by atoms with Crippen molar-refractivity contribution in [2.24, 2.45) is 0 Å². The van der Waals surface area contributed by atoms with Crippen LogP contribution in [0.2, 0.25) is 0 Å². The molecule has 0 saturated carbocycles. The second-order valence-electron chi connectivity index (χ2n) is 6.32. The number of nitrogens with zero attached hydrogens (tertiary/aromatic N) is 2. The molecule has 2 rings (SSSR count). The van der Waals surface area contributed by atoms with Gasteiger partial charge in [0, 0.05) is 31.6 Å². The topological polar surface area (TPSA) is 87.2 Å². The molecular weight excluding hydrogens is 362 g/mol. The third kappa shape index (κ3) is 5.90. The minimum atomic E-state index is -2.97. The molecule has 1 N–H and O–H groups in total. The van der Waals surface area contributed by atoms with Crippen molar-refractivity contribution in [3.05, 3.63) is 29.8 Å². The second-order valence-corrected chi connectivity index (χ2v) is 6.32. The van der Waals surface area contributed by atoms with Crippen molar-refractivity contribution in [3.8, 4) is 5.75 Å². The summed E-state index contributed by atoms with van der Waals surface area (Å²) in [5.41, 5.74) is 0.237. The third-order valence-corrected chi connectivity index (χ3v) is 4.44. The Bertz CT molecular complexity index is 698. The first-order chi connectivity index (χ1) is 12.8. The lowest BCUT2D eigenvalue weighted by molar-refractivity contribution is -0.145. The molecule has 1 aromatic carbocycles. The van der Waals surface area contributed by atoms with E-state index < -0.39 is 12.6 Å². The number of rotatable bonds is 6. The number of amides is 2. The van der Waals surface area contributed by atoms with Crippen LogP contribution >= 0.6 is 0 Å².